The van der Waals surface area contributed by atoms with Gasteiger partial charge in [0.05, 0.1) is 5.69 Å². The second-order valence-corrected chi connectivity index (χ2v) is 6.46. The van der Waals surface area contributed by atoms with E-state index in [-0.39, 0.29) is 0 Å². The number of nitrogens with two attached hydrogens (primary N) is 1. The number of hydrogen-bond donors (Lipinski definition) is 3. The van der Waals surface area contributed by atoms with Crippen LogP contribution < -0.4 is 21.3 Å². The Morgan fingerprint density at radius 3 is 2.79 bits per heavy atom. The largest absolute Gasteiger partial charge is 0.399 e. The summed E-state index contributed by atoms with van der Waals surface area (Å²) < 4.78 is 0. The van der Waals surface area contributed by atoms with Crippen LogP contribution in [0.2, 0.25) is 0 Å². The highest BCUT2D eigenvalue weighted by molar-refractivity contribution is 5.76. The number of anilines is 3. The smallest absolute Gasteiger partial charge is 0.224 e. The van der Waals surface area contributed by atoms with Crippen molar-refractivity contribution in [3.05, 3.63) is 29.3 Å². The second-order valence-electron chi connectivity index (χ2n) is 6.46. The van der Waals surface area contributed by atoms with Gasteiger partial charge in [-0.3, -0.25) is 0 Å². The first-order valence-electron chi connectivity index (χ1n) is 8.69. The molecule has 0 unspecified atom stereocenters. The lowest BCUT2D eigenvalue weighted by Gasteiger charge is -2.30. The topological polar surface area (TPSA) is 79.1 Å². The van der Waals surface area contributed by atoms with Crippen LogP contribution in [0.3, 0.4) is 0 Å². The fourth-order valence-electron chi connectivity index (χ4n) is 3.66. The molecule has 6 nitrogen and oxygen atoms in total. The first-order valence-corrected chi connectivity index (χ1v) is 8.69. The van der Waals surface area contributed by atoms with Gasteiger partial charge in [0.15, 0.2) is 0 Å². The number of aryl methyl sites for hydroxylation is 1. The molecule has 6 heteroatoms. The van der Waals surface area contributed by atoms with Gasteiger partial charge in [-0.25, -0.2) is 4.98 Å². The summed E-state index contributed by atoms with van der Waals surface area (Å²) in [5.41, 5.74) is 11.7. The van der Waals surface area contributed by atoms with Crippen LogP contribution in [0.5, 0.6) is 0 Å². The van der Waals surface area contributed by atoms with Crippen molar-refractivity contribution < 1.29 is 0 Å². The molecule has 1 fully saturated rings. The molecule has 2 aliphatic rings. The first kappa shape index (κ1) is 15.2. The van der Waals surface area contributed by atoms with Gasteiger partial charge in [-0.2, -0.15) is 4.98 Å². The van der Waals surface area contributed by atoms with Gasteiger partial charge in [0.1, 0.15) is 5.82 Å². The number of piperazine rings is 1. The predicted molar refractivity (Wildman–Crippen MR) is 98.5 cm³/mol. The lowest BCUT2D eigenvalue weighted by molar-refractivity contribution is 0.582. The molecule has 0 radical (unpaired) electrons. The number of nitrogens with one attached hydrogen (secondary N) is 2. The SMILES string of the molecule is CNc1nc2c(c(N3CCNCC3)n1)CCCc1ccc(N)cc1-2. The van der Waals surface area contributed by atoms with Gasteiger partial charge in [-0.15, -0.1) is 0 Å². The summed E-state index contributed by atoms with van der Waals surface area (Å²) in [4.78, 5) is 12.0. The molecule has 1 aliphatic heterocycles. The summed E-state index contributed by atoms with van der Waals surface area (Å²) in [6.07, 6.45) is 3.18. The van der Waals surface area contributed by atoms with Gasteiger partial charge in [0.25, 0.3) is 0 Å². The van der Waals surface area contributed by atoms with Crippen LogP contribution in [0.15, 0.2) is 18.2 Å². The molecule has 24 heavy (non-hydrogen) atoms. The number of nitrogen functional groups attached to an aromatic ring is 1. The number of hydrogen-bond acceptors (Lipinski definition) is 6. The van der Waals surface area contributed by atoms with Crippen LogP contribution in [0.4, 0.5) is 17.5 Å². The van der Waals surface area contributed by atoms with Gasteiger partial charge in [0.2, 0.25) is 5.95 Å². The summed E-state index contributed by atoms with van der Waals surface area (Å²) in [5, 5.41) is 6.54. The van der Waals surface area contributed by atoms with Crippen molar-refractivity contribution in [3.63, 3.8) is 0 Å². The van der Waals surface area contributed by atoms with Crippen molar-refractivity contribution in [2.24, 2.45) is 0 Å². The molecule has 0 atom stereocenters. The van der Waals surface area contributed by atoms with Crippen LogP contribution in [0.1, 0.15) is 17.5 Å². The Kier molecular flexibility index (Phi) is 3.98. The van der Waals surface area contributed by atoms with E-state index in [1.807, 2.05) is 13.1 Å². The Bertz CT molecular complexity index is 751. The van der Waals surface area contributed by atoms with Crippen molar-refractivity contribution in [3.8, 4) is 11.3 Å². The summed E-state index contributed by atoms with van der Waals surface area (Å²) in [6, 6.07) is 6.19. The Morgan fingerprint density at radius 2 is 2.00 bits per heavy atom. The maximum Gasteiger partial charge on any atom is 0.224 e. The minimum absolute atomic E-state index is 0.678. The average molecular weight is 324 g/mol. The highest BCUT2D eigenvalue weighted by atomic mass is 15.3. The van der Waals surface area contributed by atoms with Crippen molar-refractivity contribution in [2.75, 3.05) is 49.2 Å². The van der Waals surface area contributed by atoms with Crippen LogP contribution in [-0.2, 0) is 12.8 Å². The maximum atomic E-state index is 6.06. The van der Waals surface area contributed by atoms with Gasteiger partial charge in [-0.1, -0.05) is 6.07 Å². The third kappa shape index (κ3) is 2.67. The fraction of sp³-hybridized carbons (Fsp3) is 0.444. The zero-order valence-corrected chi connectivity index (χ0v) is 14.1. The van der Waals surface area contributed by atoms with Gasteiger partial charge in [-0.05, 0) is 37.0 Å². The lowest BCUT2D eigenvalue weighted by atomic mass is 10.0. The van der Waals surface area contributed by atoms with Crippen LogP contribution in [0, 0.1) is 0 Å². The molecule has 4 rings (SSSR count). The molecule has 2 heterocycles. The molecular weight excluding hydrogens is 300 g/mol. The summed E-state index contributed by atoms with van der Waals surface area (Å²) in [5.74, 6) is 1.76. The van der Waals surface area contributed by atoms with E-state index in [1.165, 1.54) is 11.1 Å². The number of benzene rings is 1. The van der Waals surface area contributed by atoms with Crippen LogP contribution in [-0.4, -0.2) is 43.2 Å². The quantitative estimate of drug-likeness (QED) is 0.729. The normalized spacial score (nSPS) is 17.0. The minimum Gasteiger partial charge on any atom is -0.399 e. The molecule has 0 saturated carbocycles. The van der Waals surface area contributed by atoms with E-state index in [4.69, 9.17) is 15.7 Å². The van der Waals surface area contributed by atoms with Crippen molar-refractivity contribution >= 4 is 17.5 Å². The average Bonchev–Trinajstić information content (AvgIpc) is 2.81. The lowest BCUT2D eigenvalue weighted by Crippen LogP contribution is -2.44. The Balaban J connectivity index is 1.91. The fourth-order valence-corrected chi connectivity index (χ4v) is 3.66. The molecule has 126 valence electrons. The maximum absolute atomic E-state index is 6.06. The van der Waals surface area contributed by atoms with Crippen LogP contribution in [0.25, 0.3) is 11.3 Å². The van der Waals surface area contributed by atoms with E-state index >= 15 is 0 Å². The van der Waals surface area contributed by atoms with Gasteiger partial charge >= 0.3 is 0 Å². The number of aromatic nitrogens is 2. The van der Waals surface area contributed by atoms with Crippen LogP contribution >= 0.6 is 0 Å². The monoisotopic (exact) mass is 324 g/mol. The summed E-state index contributed by atoms with van der Waals surface area (Å²) >= 11 is 0. The molecule has 0 spiro atoms. The summed E-state index contributed by atoms with van der Waals surface area (Å²) in [7, 11) is 1.88. The molecule has 1 saturated heterocycles. The van der Waals surface area contributed by atoms with Gasteiger partial charge in [0, 0.05) is 50.0 Å². The second kappa shape index (κ2) is 6.28. The number of nitrogens with zero attached hydrogens (tertiary/aromatic N) is 3. The standard InChI is InChI=1S/C18H24N6/c1-20-18-22-16-14(17(23-18)24-9-7-21-8-10-24)4-2-3-12-5-6-13(19)11-15(12)16/h5-6,11,21H,2-4,7-10,19H2,1H3,(H,20,22,23). The molecular formula is C18H24N6. The number of rotatable bonds is 2. The van der Waals surface area contributed by atoms with E-state index in [0.717, 1.165) is 68.2 Å². The molecule has 2 aromatic rings. The zero-order chi connectivity index (χ0) is 16.5. The van der Waals surface area contributed by atoms with Crippen molar-refractivity contribution in [1.29, 1.82) is 0 Å². The Hall–Kier alpha value is -2.34. The third-order valence-electron chi connectivity index (χ3n) is 4.89. The minimum atomic E-state index is 0.678. The highest BCUT2D eigenvalue weighted by Gasteiger charge is 2.24. The van der Waals surface area contributed by atoms with E-state index in [2.05, 4.69) is 27.7 Å². The van der Waals surface area contributed by atoms with E-state index in [1.54, 1.807) is 0 Å². The molecule has 0 amide bonds. The number of fused-ring (bicyclic) bond motifs is 3. The van der Waals surface area contributed by atoms with E-state index in [9.17, 15) is 0 Å². The van der Waals surface area contributed by atoms with E-state index < -0.39 is 0 Å². The molecule has 1 aromatic heterocycles. The predicted octanol–water partition coefficient (Wildman–Crippen LogP) is 1.67. The van der Waals surface area contributed by atoms with Crippen molar-refractivity contribution in [1.82, 2.24) is 15.3 Å². The first-order chi connectivity index (χ1) is 11.8. The summed E-state index contributed by atoms with van der Waals surface area (Å²) in [6.45, 7) is 3.96. The Labute approximate surface area is 142 Å². The zero-order valence-electron chi connectivity index (χ0n) is 14.1. The molecule has 1 aliphatic carbocycles. The van der Waals surface area contributed by atoms with Crippen molar-refractivity contribution in [2.45, 2.75) is 19.3 Å². The third-order valence-corrected chi connectivity index (χ3v) is 4.89. The highest BCUT2D eigenvalue weighted by Crippen LogP contribution is 2.37. The Morgan fingerprint density at radius 1 is 1.17 bits per heavy atom. The van der Waals surface area contributed by atoms with Gasteiger partial charge < -0.3 is 21.3 Å². The molecule has 0 bridgehead atoms. The molecule has 1 aromatic carbocycles. The van der Waals surface area contributed by atoms with E-state index in [0.29, 0.717) is 5.95 Å². The molecule has 4 N–H and O–H groups in total.